The van der Waals surface area contributed by atoms with Gasteiger partial charge >= 0.3 is 0 Å². The standard InChI is InChI=1S/C12H24N2O2/c1-4-7-15-9-10-16-8-5-6-12(2,11-13)14-3/h14H,4-10H2,1-3H3. The van der Waals surface area contributed by atoms with Crippen LogP contribution in [0.4, 0.5) is 0 Å². The lowest BCUT2D eigenvalue weighted by Crippen LogP contribution is -2.38. The van der Waals surface area contributed by atoms with Crippen LogP contribution in [0.5, 0.6) is 0 Å². The Kier molecular flexibility index (Phi) is 9.21. The first kappa shape index (κ1) is 15.4. The fourth-order valence-corrected chi connectivity index (χ4v) is 1.23. The van der Waals surface area contributed by atoms with E-state index in [1.807, 2.05) is 14.0 Å². The van der Waals surface area contributed by atoms with Gasteiger partial charge in [-0.25, -0.2) is 0 Å². The first-order valence-corrected chi connectivity index (χ1v) is 5.94. The molecule has 0 amide bonds. The van der Waals surface area contributed by atoms with Crippen LogP contribution in [0, 0.1) is 11.3 Å². The molecule has 0 radical (unpaired) electrons. The van der Waals surface area contributed by atoms with Gasteiger partial charge in [0.2, 0.25) is 0 Å². The number of hydrogen-bond donors (Lipinski definition) is 1. The van der Waals surface area contributed by atoms with Crippen LogP contribution in [0.2, 0.25) is 0 Å². The van der Waals surface area contributed by atoms with E-state index in [0.717, 1.165) is 25.9 Å². The van der Waals surface area contributed by atoms with Gasteiger partial charge in [-0.3, -0.25) is 0 Å². The largest absolute Gasteiger partial charge is 0.379 e. The van der Waals surface area contributed by atoms with Gasteiger partial charge in [0.05, 0.1) is 19.3 Å². The smallest absolute Gasteiger partial charge is 0.103 e. The SMILES string of the molecule is CCCOCCOCCCC(C)(C#N)NC. The zero-order chi connectivity index (χ0) is 12.3. The second kappa shape index (κ2) is 9.59. The molecule has 4 nitrogen and oxygen atoms in total. The van der Waals surface area contributed by atoms with Crippen molar-refractivity contribution in [3.63, 3.8) is 0 Å². The maximum absolute atomic E-state index is 8.91. The van der Waals surface area contributed by atoms with Crippen molar-refractivity contribution in [1.29, 1.82) is 5.26 Å². The van der Waals surface area contributed by atoms with Crippen LogP contribution in [-0.2, 0) is 9.47 Å². The molecular weight excluding hydrogens is 204 g/mol. The van der Waals surface area contributed by atoms with E-state index < -0.39 is 5.54 Å². The number of nitriles is 1. The molecule has 0 aromatic rings. The minimum atomic E-state index is -0.429. The molecule has 1 atom stereocenters. The highest BCUT2D eigenvalue weighted by atomic mass is 16.5. The van der Waals surface area contributed by atoms with Gasteiger partial charge in [0.25, 0.3) is 0 Å². The van der Waals surface area contributed by atoms with Crippen molar-refractivity contribution in [3.8, 4) is 6.07 Å². The average Bonchev–Trinajstić information content (AvgIpc) is 2.32. The monoisotopic (exact) mass is 228 g/mol. The zero-order valence-corrected chi connectivity index (χ0v) is 10.7. The Morgan fingerprint density at radius 3 is 2.31 bits per heavy atom. The molecule has 0 heterocycles. The summed E-state index contributed by atoms with van der Waals surface area (Å²) >= 11 is 0. The van der Waals surface area contributed by atoms with Gasteiger partial charge < -0.3 is 14.8 Å². The molecule has 0 rings (SSSR count). The highest BCUT2D eigenvalue weighted by Gasteiger charge is 2.19. The van der Waals surface area contributed by atoms with Crippen LogP contribution < -0.4 is 5.32 Å². The number of hydrogen-bond acceptors (Lipinski definition) is 4. The molecule has 94 valence electrons. The molecule has 0 spiro atoms. The van der Waals surface area contributed by atoms with Gasteiger partial charge in [-0.1, -0.05) is 6.92 Å². The molecule has 0 bridgehead atoms. The number of rotatable bonds is 10. The first-order valence-electron chi connectivity index (χ1n) is 5.94. The molecule has 0 aliphatic rings. The summed E-state index contributed by atoms with van der Waals surface area (Å²) in [6.45, 7) is 6.78. The number of nitrogens with zero attached hydrogens (tertiary/aromatic N) is 1. The van der Waals surface area contributed by atoms with Crippen LogP contribution in [0.3, 0.4) is 0 Å². The normalized spacial score (nSPS) is 14.4. The van der Waals surface area contributed by atoms with E-state index in [-0.39, 0.29) is 0 Å². The van der Waals surface area contributed by atoms with E-state index in [4.69, 9.17) is 14.7 Å². The van der Waals surface area contributed by atoms with Crippen molar-refractivity contribution < 1.29 is 9.47 Å². The second-order valence-electron chi connectivity index (χ2n) is 4.02. The van der Waals surface area contributed by atoms with E-state index >= 15 is 0 Å². The third-order valence-corrected chi connectivity index (χ3v) is 2.48. The topological polar surface area (TPSA) is 54.3 Å². The molecular formula is C12H24N2O2. The molecule has 4 heteroatoms. The van der Waals surface area contributed by atoms with Crippen molar-refractivity contribution in [2.75, 3.05) is 33.5 Å². The van der Waals surface area contributed by atoms with Gasteiger partial charge in [0.15, 0.2) is 0 Å². The van der Waals surface area contributed by atoms with Crippen LogP contribution in [0.25, 0.3) is 0 Å². The van der Waals surface area contributed by atoms with Gasteiger partial charge in [0.1, 0.15) is 5.54 Å². The lowest BCUT2D eigenvalue weighted by molar-refractivity contribution is 0.0456. The van der Waals surface area contributed by atoms with Crippen LogP contribution in [-0.4, -0.2) is 39.0 Å². The minimum Gasteiger partial charge on any atom is -0.379 e. The predicted octanol–water partition coefficient (Wildman–Crippen LogP) is 1.71. The van der Waals surface area contributed by atoms with Gasteiger partial charge in [-0.2, -0.15) is 5.26 Å². The molecule has 0 aliphatic heterocycles. The molecule has 0 saturated carbocycles. The van der Waals surface area contributed by atoms with Crippen molar-refractivity contribution in [2.45, 2.75) is 38.6 Å². The highest BCUT2D eigenvalue weighted by molar-refractivity contribution is 5.02. The number of ether oxygens (including phenoxy) is 2. The Balaban J connectivity index is 3.30. The van der Waals surface area contributed by atoms with E-state index in [1.165, 1.54) is 0 Å². The summed E-state index contributed by atoms with van der Waals surface area (Å²) in [5, 5.41) is 11.9. The minimum absolute atomic E-state index is 0.429. The fraction of sp³-hybridized carbons (Fsp3) is 0.917. The Labute approximate surface area is 98.9 Å². The number of nitrogens with one attached hydrogen (secondary N) is 1. The molecule has 1 unspecified atom stereocenters. The van der Waals surface area contributed by atoms with Crippen LogP contribution in [0.15, 0.2) is 0 Å². The lowest BCUT2D eigenvalue weighted by atomic mass is 9.98. The van der Waals surface area contributed by atoms with E-state index in [2.05, 4.69) is 18.3 Å². The van der Waals surface area contributed by atoms with E-state index in [9.17, 15) is 0 Å². The maximum atomic E-state index is 8.91. The molecule has 1 N–H and O–H groups in total. The van der Waals surface area contributed by atoms with E-state index in [1.54, 1.807) is 0 Å². The molecule has 0 aromatic carbocycles. The Bertz CT molecular complexity index is 204. The Morgan fingerprint density at radius 2 is 1.81 bits per heavy atom. The summed E-state index contributed by atoms with van der Waals surface area (Å²) in [4.78, 5) is 0. The third-order valence-electron chi connectivity index (χ3n) is 2.48. The van der Waals surface area contributed by atoms with Gasteiger partial charge in [0, 0.05) is 13.2 Å². The van der Waals surface area contributed by atoms with Crippen molar-refractivity contribution in [3.05, 3.63) is 0 Å². The molecule has 16 heavy (non-hydrogen) atoms. The summed E-state index contributed by atoms with van der Waals surface area (Å²) < 4.78 is 10.7. The summed E-state index contributed by atoms with van der Waals surface area (Å²) in [6.07, 6.45) is 2.73. The maximum Gasteiger partial charge on any atom is 0.103 e. The summed E-state index contributed by atoms with van der Waals surface area (Å²) in [6, 6.07) is 2.26. The third kappa shape index (κ3) is 7.63. The second-order valence-corrected chi connectivity index (χ2v) is 4.02. The van der Waals surface area contributed by atoms with Crippen molar-refractivity contribution >= 4 is 0 Å². The fourth-order valence-electron chi connectivity index (χ4n) is 1.23. The van der Waals surface area contributed by atoms with Crippen molar-refractivity contribution in [1.82, 2.24) is 5.32 Å². The predicted molar refractivity (Wildman–Crippen MR) is 64.2 cm³/mol. The average molecular weight is 228 g/mol. The quantitative estimate of drug-likeness (QED) is 0.578. The Morgan fingerprint density at radius 1 is 1.19 bits per heavy atom. The molecule has 0 fully saturated rings. The van der Waals surface area contributed by atoms with Gasteiger partial charge in [-0.15, -0.1) is 0 Å². The molecule has 0 saturated heterocycles. The molecule has 0 aliphatic carbocycles. The molecule has 0 aromatic heterocycles. The van der Waals surface area contributed by atoms with Crippen LogP contribution in [0.1, 0.15) is 33.1 Å². The van der Waals surface area contributed by atoms with Gasteiger partial charge in [-0.05, 0) is 33.2 Å². The summed E-state index contributed by atoms with van der Waals surface area (Å²) in [5.74, 6) is 0. The lowest BCUT2D eigenvalue weighted by Gasteiger charge is -2.20. The zero-order valence-electron chi connectivity index (χ0n) is 10.7. The summed E-state index contributed by atoms with van der Waals surface area (Å²) in [5.41, 5.74) is -0.429. The van der Waals surface area contributed by atoms with E-state index in [0.29, 0.717) is 19.8 Å². The first-order chi connectivity index (χ1) is 7.68. The highest BCUT2D eigenvalue weighted by Crippen LogP contribution is 2.09. The van der Waals surface area contributed by atoms with Crippen molar-refractivity contribution in [2.24, 2.45) is 0 Å². The Hall–Kier alpha value is -0.630. The van der Waals surface area contributed by atoms with Crippen LogP contribution >= 0.6 is 0 Å². The summed E-state index contributed by atoms with van der Waals surface area (Å²) in [7, 11) is 1.81.